The maximum absolute atomic E-state index is 12.5. The predicted octanol–water partition coefficient (Wildman–Crippen LogP) is 2.07. The first-order valence-corrected chi connectivity index (χ1v) is 8.54. The van der Waals surface area contributed by atoms with Crippen LogP contribution in [0.1, 0.15) is 35.4 Å². The van der Waals surface area contributed by atoms with Gasteiger partial charge in [0.25, 0.3) is 0 Å². The molecule has 1 aliphatic carbocycles. The summed E-state index contributed by atoms with van der Waals surface area (Å²) >= 11 is 0. The van der Waals surface area contributed by atoms with Crippen LogP contribution in [0.3, 0.4) is 0 Å². The number of aliphatic hydroxyl groups excluding tert-OH is 1. The molecule has 1 aromatic carbocycles. The number of aliphatic hydroxyl groups is 1. The van der Waals surface area contributed by atoms with Gasteiger partial charge in [-0.05, 0) is 44.6 Å². The van der Waals surface area contributed by atoms with Crippen molar-refractivity contribution in [3.05, 3.63) is 52.8 Å². The van der Waals surface area contributed by atoms with Gasteiger partial charge in [0.15, 0.2) is 0 Å². The van der Waals surface area contributed by atoms with Crippen molar-refractivity contribution in [1.82, 2.24) is 15.5 Å². The van der Waals surface area contributed by atoms with E-state index in [1.54, 1.807) is 0 Å². The highest BCUT2D eigenvalue weighted by atomic mass is 16.3. The van der Waals surface area contributed by atoms with Gasteiger partial charge in [0.1, 0.15) is 0 Å². The number of hydrogen-bond donors (Lipinski definition) is 3. The zero-order chi connectivity index (χ0) is 17.1. The second-order valence-electron chi connectivity index (χ2n) is 6.84. The van der Waals surface area contributed by atoms with Crippen molar-refractivity contribution in [2.75, 3.05) is 0 Å². The lowest BCUT2D eigenvalue weighted by molar-refractivity contribution is -0.122. The number of carbonyl (C=O) groups is 1. The van der Waals surface area contributed by atoms with E-state index in [0.717, 1.165) is 36.2 Å². The Morgan fingerprint density at radius 3 is 2.62 bits per heavy atom. The molecular formula is C19H25N3O2. The minimum atomic E-state index is -0.219. The van der Waals surface area contributed by atoms with Gasteiger partial charge in [-0.3, -0.25) is 9.89 Å². The summed E-state index contributed by atoms with van der Waals surface area (Å²) < 4.78 is 0. The predicted molar refractivity (Wildman–Crippen MR) is 92.6 cm³/mol. The molecule has 1 aromatic heterocycles. The first kappa shape index (κ1) is 16.7. The van der Waals surface area contributed by atoms with Gasteiger partial charge in [-0.1, -0.05) is 30.3 Å². The number of H-pyrrole nitrogens is 1. The fraction of sp³-hybridized carbons (Fsp3) is 0.474. The molecule has 5 nitrogen and oxygen atoms in total. The van der Waals surface area contributed by atoms with E-state index in [1.165, 1.54) is 5.56 Å². The summed E-state index contributed by atoms with van der Waals surface area (Å²) in [5, 5.41) is 19.9. The zero-order valence-electron chi connectivity index (χ0n) is 14.2. The number of aromatic nitrogens is 2. The number of hydrogen-bond acceptors (Lipinski definition) is 3. The van der Waals surface area contributed by atoms with E-state index >= 15 is 0 Å². The normalized spacial score (nSPS) is 21.1. The summed E-state index contributed by atoms with van der Waals surface area (Å²) in [6, 6.07) is 10.3. The molecule has 1 saturated carbocycles. The first-order chi connectivity index (χ1) is 11.5. The molecule has 0 bridgehead atoms. The van der Waals surface area contributed by atoms with Crippen LogP contribution in [0, 0.1) is 19.8 Å². The van der Waals surface area contributed by atoms with Crippen LogP contribution in [-0.2, 0) is 17.6 Å². The Hall–Kier alpha value is -2.14. The standard InChI is InChI=1S/C19H25N3O2/c1-12-17(13(2)22-21-12)11-19(24)20-18(15-9-16(23)10-15)8-14-6-4-3-5-7-14/h3-7,15-16,18,23H,8-11H2,1-2H3,(H,20,24)(H,21,22). The van der Waals surface area contributed by atoms with Crippen LogP contribution >= 0.6 is 0 Å². The van der Waals surface area contributed by atoms with Crippen LogP contribution in [0.4, 0.5) is 0 Å². The highest BCUT2D eigenvalue weighted by Gasteiger charge is 2.34. The Balaban J connectivity index is 1.66. The van der Waals surface area contributed by atoms with Crippen LogP contribution in [0.15, 0.2) is 30.3 Å². The second-order valence-corrected chi connectivity index (χ2v) is 6.84. The minimum Gasteiger partial charge on any atom is -0.393 e. The summed E-state index contributed by atoms with van der Waals surface area (Å²) in [4.78, 5) is 12.5. The molecule has 3 N–H and O–H groups in total. The smallest absolute Gasteiger partial charge is 0.224 e. The van der Waals surface area contributed by atoms with E-state index < -0.39 is 0 Å². The average Bonchev–Trinajstić information content (AvgIpc) is 2.84. The molecule has 0 radical (unpaired) electrons. The molecule has 1 amide bonds. The van der Waals surface area contributed by atoms with Gasteiger partial charge >= 0.3 is 0 Å². The molecule has 1 fully saturated rings. The number of aryl methyl sites for hydroxylation is 2. The van der Waals surface area contributed by atoms with Gasteiger partial charge in [0.2, 0.25) is 5.91 Å². The number of rotatable bonds is 6. The van der Waals surface area contributed by atoms with Crippen molar-refractivity contribution in [1.29, 1.82) is 0 Å². The van der Waals surface area contributed by atoms with Crippen molar-refractivity contribution in [2.45, 2.75) is 51.7 Å². The quantitative estimate of drug-likeness (QED) is 0.760. The van der Waals surface area contributed by atoms with Crippen molar-refractivity contribution in [3.8, 4) is 0 Å². The van der Waals surface area contributed by atoms with Gasteiger partial charge in [0.05, 0.1) is 18.2 Å². The van der Waals surface area contributed by atoms with E-state index in [1.807, 2.05) is 32.0 Å². The molecule has 1 unspecified atom stereocenters. The van der Waals surface area contributed by atoms with Crippen molar-refractivity contribution < 1.29 is 9.90 Å². The molecule has 2 aromatic rings. The molecule has 0 spiro atoms. The highest BCUT2D eigenvalue weighted by molar-refractivity contribution is 5.79. The molecule has 1 heterocycles. The van der Waals surface area contributed by atoms with E-state index in [0.29, 0.717) is 12.3 Å². The summed E-state index contributed by atoms with van der Waals surface area (Å²) in [5.74, 6) is 0.362. The van der Waals surface area contributed by atoms with Crippen LogP contribution in [0.25, 0.3) is 0 Å². The second kappa shape index (κ2) is 7.18. The monoisotopic (exact) mass is 327 g/mol. The number of nitrogens with zero attached hydrogens (tertiary/aromatic N) is 1. The summed E-state index contributed by atoms with van der Waals surface area (Å²) in [6.07, 6.45) is 2.45. The lowest BCUT2D eigenvalue weighted by Crippen LogP contribution is -2.48. The lowest BCUT2D eigenvalue weighted by Gasteiger charge is -2.38. The third kappa shape index (κ3) is 3.85. The Morgan fingerprint density at radius 2 is 2.04 bits per heavy atom. The van der Waals surface area contributed by atoms with E-state index in [4.69, 9.17) is 0 Å². The van der Waals surface area contributed by atoms with Gasteiger partial charge in [-0.15, -0.1) is 0 Å². The van der Waals surface area contributed by atoms with Gasteiger partial charge < -0.3 is 10.4 Å². The molecule has 1 aliphatic rings. The van der Waals surface area contributed by atoms with Crippen LogP contribution < -0.4 is 5.32 Å². The molecule has 5 heteroatoms. The minimum absolute atomic E-state index is 0.0184. The third-order valence-corrected chi connectivity index (χ3v) is 4.98. The van der Waals surface area contributed by atoms with Crippen molar-refractivity contribution >= 4 is 5.91 Å². The van der Waals surface area contributed by atoms with E-state index in [9.17, 15) is 9.90 Å². The lowest BCUT2D eigenvalue weighted by atomic mass is 9.75. The van der Waals surface area contributed by atoms with E-state index in [2.05, 4.69) is 27.6 Å². The Morgan fingerprint density at radius 1 is 1.33 bits per heavy atom. The SMILES string of the molecule is Cc1n[nH]c(C)c1CC(=O)NC(Cc1ccccc1)C1CC(O)C1. The van der Waals surface area contributed by atoms with Gasteiger partial charge in [0, 0.05) is 17.3 Å². The highest BCUT2D eigenvalue weighted by Crippen LogP contribution is 2.31. The van der Waals surface area contributed by atoms with Crippen molar-refractivity contribution in [3.63, 3.8) is 0 Å². The molecule has 0 aliphatic heterocycles. The summed E-state index contributed by atoms with van der Waals surface area (Å²) in [7, 11) is 0. The Bertz CT molecular complexity index is 670. The molecule has 1 atom stereocenters. The first-order valence-electron chi connectivity index (χ1n) is 8.54. The van der Waals surface area contributed by atoms with Gasteiger partial charge in [-0.25, -0.2) is 0 Å². The Labute approximate surface area is 142 Å². The molecule has 3 rings (SSSR count). The maximum atomic E-state index is 12.5. The molecule has 128 valence electrons. The Kier molecular flexibility index (Phi) is 5.00. The van der Waals surface area contributed by atoms with Crippen LogP contribution in [0.2, 0.25) is 0 Å². The molecule has 24 heavy (non-hydrogen) atoms. The van der Waals surface area contributed by atoms with Crippen molar-refractivity contribution in [2.24, 2.45) is 5.92 Å². The average molecular weight is 327 g/mol. The molecule has 0 saturated heterocycles. The summed E-state index contributed by atoms with van der Waals surface area (Å²) in [5.41, 5.74) is 4.00. The van der Waals surface area contributed by atoms with E-state index in [-0.39, 0.29) is 18.1 Å². The van der Waals surface area contributed by atoms with Crippen LogP contribution in [0.5, 0.6) is 0 Å². The largest absolute Gasteiger partial charge is 0.393 e. The number of amides is 1. The zero-order valence-corrected chi connectivity index (χ0v) is 14.2. The third-order valence-electron chi connectivity index (χ3n) is 4.98. The summed E-state index contributed by atoms with van der Waals surface area (Å²) in [6.45, 7) is 3.85. The molecular weight excluding hydrogens is 302 g/mol. The maximum Gasteiger partial charge on any atom is 0.224 e. The number of carbonyl (C=O) groups excluding carboxylic acids is 1. The van der Waals surface area contributed by atoms with Gasteiger partial charge in [-0.2, -0.15) is 5.10 Å². The number of benzene rings is 1. The number of nitrogens with one attached hydrogen (secondary N) is 2. The topological polar surface area (TPSA) is 78.0 Å². The van der Waals surface area contributed by atoms with Crippen LogP contribution in [-0.4, -0.2) is 33.4 Å². The fourth-order valence-electron chi connectivity index (χ4n) is 3.41. The number of aromatic amines is 1. The fourth-order valence-corrected chi connectivity index (χ4v) is 3.41.